The van der Waals surface area contributed by atoms with Gasteiger partial charge in [0.1, 0.15) is 0 Å². The van der Waals surface area contributed by atoms with Crippen molar-refractivity contribution in [2.75, 3.05) is 6.54 Å². The van der Waals surface area contributed by atoms with E-state index in [2.05, 4.69) is 13.2 Å². The zero-order chi connectivity index (χ0) is 13.2. The molecule has 4 heteroatoms. The fraction of sp³-hybridized carbons (Fsp3) is 0.615. The third-order valence-corrected chi connectivity index (χ3v) is 5.89. The van der Waals surface area contributed by atoms with Crippen LogP contribution in [0.4, 0.5) is 0 Å². The maximum absolute atomic E-state index is 11.9. The van der Waals surface area contributed by atoms with E-state index in [0.717, 1.165) is 16.5 Å². The van der Waals surface area contributed by atoms with Crippen molar-refractivity contribution in [1.82, 2.24) is 4.90 Å². The third-order valence-electron chi connectivity index (χ3n) is 2.64. The van der Waals surface area contributed by atoms with Gasteiger partial charge in [0.05, 0.1) is 0 Å². The summed E-state index contributed by atoms with van der Waals surface area (Å²) in [6.45, 7) is 14.0. The second kappa shape index (κ2) is 5.85. The van der Waals surface area contributed by atoms with Gasteiger partial charge in [0.2, 0.25) is 0 Å². The van der Waals surface area contributed by atoms with Gasteiger partial charge in [0.25, 0.3) is 0 Å². The summed E-state index contributed by atoms with van der Waals surface area (Å²) in [5.74, 6) is -0.148. The summed E-state index contributed by atoms with van der Waals surface area (Å²) in [7, 11) is 0. The third kappa shape index (κ3) is 3.44. The number of carbonyl (C=O) groups excluding carboxylic acids is 1. The minimum atomic E-state index is -0.555. The normalized spacial score (nSPS) is 25.4. The molecule has 3 atom stereocenters. The van der Waals surface area contributed by atoms with E-state index in [4.69, 9.17) is 0 Å². The zero-order valence-corrected chi connectivity index (χ0v) is 12.5. The number of rotatable bonds is 6. The molecule has 0 radical (unpaired) electrons. The van der Waals surface area contributed by atoms with Gasteiger partial charge in [-0.3, -0.25) is 0 Å². The van der Waals surface area contributed by atoms with Gasteiger partial charge >= 0.3 is 110 Å². The number of β-lactam (4-membered cyclic amide) rings is 1. The molecule has 17 heavy (non-hydrogen) atoms. The van der Waals surface area contributed by atoms with E-state index in [1.165, 1.54) is 0 Å². The number of carbonyl (C=O) groups is 1. The van der Waals surface area contributed by atoms with Crippen molar-refractivity contribution in [2.45, 2.75) is 37.1 Å². The van der Waals surface area contributed by atoms with Crippen molar-refractivity contribution in [1.29, 1.82) is 0 Å². The molecule has 0 unspecified atom stereocenters. The van der Waals surface area contributed by atoms with Crippen LogP contribution < -0.4 is 0 Å². The molecular formula is C13H21NO2Se. The van der Waals surface area contributed by atoms with E-state index in [1.54, 1.807) is 6.92 Å². The van der Waals surface area contributed by atoms with Crippen LogP contribution >= 0.6 is 0 Å². The zero-order valence-electron chi connectivity index (χ0n) is 10.8. The van der Waals surface area contributed by atoms with Gasteiger partial charge in [-0.05, 0) is 0 Å². The van der Waals surface area contributed by atoms with Crippen LogP contribution in [0.1, 0.15) is 20.8 Å². The van der Waals surface area contributed by atoms with E-state index in [1.807, 2.05) is 18.7 Å². The average molecular weight is 302 g/mol. The molecule has 1 rings (SSSR count). The van der Waals surface area contributed by atoms with Crippen molar-refractivity contribution in [3.8, 4) is 0 Å². The van der Waals surface area contributed by atoms with E-state index < -0.39 is 6.10 Å². The standard InChI is InChI=1S/C13H21NO2Se/c1-8(2)6-14-12(16)11(10(5)15)13(14)17-7-9(3)4/h10-11,13,15H,1,3,6-7H2,2,4-5H3/t10-,11+,13-/m1/s1. The van der Waals surface area contributed by atoms with Crippen molar-refractivity contribution in [3.05, 3.63) is 24.3 Å². The van der Waals surface area contributed by atoms with Gasteiger partial charge in [0.15, 0.2) is 0 Å². The quantitative estimate of drug-likeness (QED) is 0.458. The Morgan fingerprint density at radius 3 is 2.47 bits per heavy atom. The van der Waals surface area contributed by atoms with Crippen LogP contribution in [0.3, 0.4) is 0 Å². The Labute approximate surface area is 110 Å². The predicted molar refractivity (Wildman–Crippen MR) is 70.9 cm³/mol. The number of likely N-dealkylation sites (tertiary alicyclic amines) is 1. The van der Waals surface area contributed by atoms with Crippen LogP contribution in [0.5, 0.6) is 0 Å². The molecule has 0 saturated carbocycles. The molecule has 1 aliphatic heterocycles. The maximum atomic E-state index is 11.9. The van der Waals surface area contributed by atoms with Crippen molar-refractivity contribution >= 4 is 20.9 Å². The fourth-order valence-electron chi connectivity index (χ4n) is 1.88. The summed E-state index contributed by atoms with van der Waals surface area (Å²) >= 11 is 0.289. The van der Waals surface area contributed by atoms with E-state index in [9.17, 15) is 9.90 Å². The van der Waals surface area contributed by atoms with E-state index in [-0.39, 0.29) is 31.7 Å². The van der Waals surface area contributed by atoms with E-state index >= 15 is 0 Å². The first kappa shape index (κ1) is 14.5. The van der Waals surface area contributed by atoms with Crippen LogP contribution in [0, 0.1) is 5.92 Å². The average Bonchev–Trinajstić information content (AvgIpc) is 2.18. The first-order valence-electron chi connectivity index (χ1n) is 5.73. The van der Waals surface area contributed by atoms with Crippen LogP contribution in [-0.4, -0.2) is 48.5 Å². The first-order chi connectivity index (χ1) is 7.84. The Kier molecular flexibility index (Phi) is 4.99. The molecule has 0 aliphatic carbocycles. The number of hydrogen-bond acceptors (Lipinski definition) is 2. The molecule has 0 aromatic heterocycles. The molecule has 1 N–H and O–H groups in total. The van der Waals surface area contributed by atoms with Crippen molar-refractivity contribution in [3.63, 3.8) is 0 Å². The molecule has 0 aromatic rings. The van der Waals surface area contributed by atoms with Crippen LogP contribution in [-0.2, 0) is 4.79 Å². The van der Waals surface area contributed by atoms with Crippen LogP contribution in [0.25, 0.3) is 0 Å². The van der Waals surface area contributed by atoms with Gasteiger partial charge in [-0.1, -0.05) is 0 Å². The van der Waals surface area contributed by atoms with Gasteiger partial charge < -0.3 is 0 Å². The molecule has 1 heterocycles. The number of allylic oxidation sites excluding steroid dienone is 1. The van der Waals surface area contributed by atoms with Gasteiger partial charge in [0, 0.05) is 0 Å². The Hall–Kier alpha value is -0.571. The van der Waals surface area contributed by atoms with Crippen LogP contribution in [0.15, 0.2) is 24.3 Å². The summed E-state index contributed by atoms with van der Waals surface area (Å²) in [5, 5.41) is 10.6. The molecule has 1 aliphatic rings. The summed E-state index contributed by atoms with van der Waals surface area (Å²) in [4.78, 5) is 14.0. The number of aliphatic hydroxyl groups is 1. The molecule has 96 valence electrons. The molecular weight excluding hydrogens is 281 g/mol. The Bertz CT molecular complexity index is 338. The SMILES string of the molecule is C=C(C)C[Se][C@@H]1[C@@H]([C@@H](C)O)C(=O)N1CC(=C)C. The summed E-state index contributed by atoms with van der Waals surface area (Å²) in [5.41, 5.74) is 2.13. The molecule has 0 aromatic carbocycles. The van der Waals surface area contributed by atoms with Gasteiger partial charge in [-0.15, -0.1) is 0 Å². The number of nitrogens with zero attached hydrogens (tertiary/aromatic N) is 1. The monoisotopic (exact) mass is 303 g/mol. The predicted octanol–water partition coefficient (Wildman–Crippen LogP) is 1.43. The molecule has 1 amide bonds. The Morgan fingerprint density at radius 2 is 2.06 bits per heavy atom. The first-order valence-corrected chi connectivity index (χ1v) is 7.93. The molecule has 0 spiro atoms. The summed E-state index contributed by atoms with van der Waals surface area (Å²) in [6, 6.07) is 0. The Morgan fingerprint density at radius 1 is 1.47 bits per heavy atom. The van der Waals surface area contributed by atoms with Gasteiger partial charge in [-0.2, -0.15) is 0 Å². The molecule has 3 nitrogen and oxygen atoms in total. The second-order valence-electron chi connectivity index (χ2n) is 4.85. The number of hydrogen-bond donors (Lipinski definition) is 1. The Balaban J connectivity index is 2.67. The van der Waals surface area contributed by atoms with Gasteiger partial charge in [-0.25, -0.2) is 0 Å². The van der Waals surface area contributed by atoms with E-state index in [0.29, 0.717) is 6.54 Å². The topological polar surface area (TPSA) is 40.5 Å². The number of aliphatic hydroxyl groups excluding tert-OH is 1. The van der Waals surface area contributed by atoms with Crippen molar-refractivity contribution < 1.29 is 9.90 Å². The minimum absolute atomic E-state index is 0.0663. The number of amides is 1. The second-order valence-corrected chi connectivity index (χ2v) is 7.17. The summed E-state index contributed by atoms with van der Waals surface area (Å²) < 4.78 is 0. The fourth-order valence-corrected chi connectivity index (χ4v) is 4.74. The molecule has 1 saturated heterocycles. The van der Waals surface area contributed by atoms with Crippen molar-refractivity contribution in [2.24, 2.45) is 5.92 Å². The summed E-state index contributed by atoms with van der Waals surface area (Å²) in [6.07, 6.45) is -0.555. The molecule has 1 fully saturated rings. The van der Waals surface area contributed by atoms with Crippen LogP contribution in [0.2, 0.25) is 5.32 Å². The molecule has 0 bridgehead atoms.